The predicted molar refractivity (Wildman–Crippen MR) is 68.1 cm³/mol. The Morgan fingerprint density at radius 3 is 3.06 bits per heavy atom. The standard InChI is InChI=1S/C12H10ClN3O2/c1-6-10(5-11(17)18)16-9-3-2-7(13)4-8(9)15-12(16)14-6/h2-4H,5H2,1H3,(H,14,15)(H,17,18). The summed E-state index contributed by atoms with van der Waals surface area (Å²) in [6.45, 7) is 1.84. The van der Waals surface area contributed by atoms with Crippen LogP contribution in [-0.4, -0.2) is 25.4 Å². The van der Waals surface area contributed by atoms with Crippen LogP contribution < -0.4 is 0 Å². The van der Waals surface area contributed by atoms with Gasteiger partial charge in [-0.3, -0.25) is 9.20 Å². The molecule has 18 heavy (non-hydrogen) atoms. The summed E-state index contributed by atoms with van der Waals surface area (Å²) < 4.78 is 1.83. The topological polar surface area (TPSA) is 70.4 Å². The third kappa shape index (κ3) is 1.55. The summed E-state index contributed by atoms with van der Waals surface area (Å²) in [5, 5.41) is 9.57. The van der Waals surface area contributed by atoms with Crippen molar-refractivity contribution >= 4 is 34.4 Å². The molecule has 3 rings (SSSR count). The lowest BCUT2D eigenvalue weighted by molar-refractivity contribution is -0.136. The first kappa shape index (κ1) is 11.1. The van der Waals surface area contributed by atoms with Gasteiger partial charge in [0.15, 0.2) is 0 Å². The quantitative estimate of drug-likeness (QED) is 0.746. The van der Waals surface area contributed by atoms with Crippen LogP contribution in [0.5, 0.6) is 0 Å². The van der Waals surface area contributed by atoms with Crippen LogP contribution in [-0.2, 0) is 11.2 Å². The molecular weight excluding hydrogens is 254 g/mol. The lowest BCUT2D eigenvalue weighted by atomic mass is 10.2. The van der Waals surface area contributed by atoms with Crippen LogP contribution in [0, 0.1) is 6.92 Å². The van der Waals surface area contributed by atoms with Crippen molar-refractivity contribution in [3.63, 3.8) is 0 Å². The molecule has 0 fully saturated rings. The molecule has 0 unspecified atom stereocenters. The summed E-state index contributed by atoms with van der Waals surface area (Å²) in [6, 6.07) is 5.37. The lowest BCUT2D eigenvalue weighted by Gasteiger charge is -1.99. The molecule has 2 heterocycles. The molecule has 0 bridgehead atoms. The molecule has 0 amide bonds. The van der Waals surface area contributed by atoms with Crippen LogP contribution in [0.2, 0.25) is 5.02 Å². The zero-order chi connectivity index (χ0) is 12.9. The summed E-state index contributed by atoms with van der Waals surface area (Å²) in [4.78, 5) is 18.4. The highest BCUT2D eigenvalue weighted by Crippen LogP contribution is 2.23. The third-order valence-corrected chi connectivity index (χ3v) is 3.17. The van der Waals surface area contributed by atoms with E-state index in [1.165, 1.54) is 0 Å². The van der Waals surface area contributed by atoms with Crippen molar-refractivity contribution in [1.82, 2.24) is 14.4 Å². The Hall–Kier alpha value is -2.01. The van der Waals surface area contributed by atoms with E-state index >= 15 is 0 Å². The Labute approximate surface area is 107 Å². The van der Waals surface area contributed by atoms with E-state index in [2.05, 4.69) is 9.97 Å². The number of halogens is 1. The molecule has 2 aromatic heterocycles. The van der Waals surface area contributed by atoms with E-state index in [-0.39, 0.29) is 6.42 Å². The molecule has 0 atom stereocenters. The Bertz CT molecular complexity index is 772. The Morgan fingerprint density at radius 2 is 2.33 bits per heavy atom. The van der Waals surface area contributed by atoms with Crippen molar-refractivity contribution in [3.8, 4) is 0 Å². The van der Waals surface area contributed by atoms with E-state index in [9.17, 15) is 4.79 Å². The molecule has 3 aromatic rings. The Morgan fingerprint density at radius 1 is 1.56 bits per heavy atom. The number of carboxylic acids is 1. The summed E-state index contributed by atoms with van der Waals surface area (Å²) in [5.41, 5.74) is 3.13. The first-order chi connectivity index (χ1) is 8.56. The number of aryl methyl sites for hydroxylation is 1. The molecule has 0 aliphatic heterocycles. The van der Waals surface area contributed by atoms with E-state index < -0.39 is 5.97 Å². The van der Waals surface area contributed by atoms with Gasteiger partial charge in [-0.2, -0.15) is 0 Å². The fraction of sp³-hybridized carbons (Fsp3) is 0.167. The lowest BCUT2D eigenvalue weighted by Crippen LogP contribution is -2.04. The van der Waals surface area contributed by atoms with Crippen LogP contribution in [0.15, 0.2) is 18.2 Å². The number of aromatic nitrogens is 3. The van der Waals surface area contributed by atoms with Gasteiger partial charge in [0, 0.05) is 10.7 Å². The zero-order valence-electron chi connectivity index (χ0n) is 9.57. The minimum Gasteiger partial charge on any atom is -0.481 e. The summed E-state index contributed by atoms with van der Waals surface area (Å²) >= 11 is 5.92. The van der Waals surface area contributed by atoms with Crippen molar-refractivity contribution in [3.05, 3.63) is 34.6 Å². The molecule has 2 N–H and O–H groups in total. The summed E-state index contributed by atoms with van der Waals surface area (Å²) in [5.74, 6) is -0.226. The molecule has 0 saturated heterocycles. The minimum atomic E-state index is -0.866. The van der Waals surface area contributed by atoms with Crippen LogP contribution in [0.1, 0.15) is 11.4 Å². The average Bonchev–Trinajstić information content (AvgIpc) is 2.75. The largest absolute Gasteiger partial charge is 0.481 e. The number of H-pyrrole nitrogens is 1. The first-order valence-electron chi connectivity index (χ1n) is 5.43. The van der Waals surface area contributed by atoms with E-state index in [0.717, 1.165) is 16.7 Å². The molecular formula is C12H10ClN3O2. The van der Waals surface area contributed by atoms with Crippen LogP contribution in [0.25, 0.3) is 16.8 Å². The van der Waals surface area contributed by atoms with Crippen molar-refractivity contribution in [2.75, 3.05) is 0 Å². The molecule has 6 heteroatoms. The van der Waals surface area contributed by atoms with Gasteiger partial charge >= 0.3 is 5.97 Å². The van der Waals surface area contributed by atoms with Crippen molar-refractivity contribution in [2.24, 2.45) is 0 Å². The van der Waals surface area contributed by atoms with Gasteiger partial charge in [-0.05, 0) is 25.1 Å². The van der Waals surface area contributed by atoms with Gasteiger partial charge in [0.25, 0.3) is 0 Å². The molecule has 0 saturated carbocycles. The van der Waals surface area contributed by atoms with Gasteiger partial charge in [-0.15, -0.1) is 0 Å². The Balaban J connectivity index is 2.37. The van der Waals surface area contributed by atoms with Crippen LogP contribution in [0.4, 0.5) is 0 Å². The predicted octanol–water partition coefficient (Wildman–Crippen LogP) is 2.40. The average molecular weight is 264 g/mol. The molecule has 92 valence electrons. The van der Waals surface area contributed by atoms with Gasteiger partial charge in [-0.25, -0.2) is 4.98 Å². The molecule has 0 aliphatic carbocycles. The first-order valence-corrected chi connectivity index (χ1v) is 5.81. The van der Waals surface area contributed by atoms with E-state index in [1.807, 2.05) is 17.4 Å². The second-order valence-corrected chi connectivity index (χ2v) is 4.61. The highest BCUT2D eigenvalue weighted by Gasteiger charge is 2.15. The number of benzene rings is 1. The number of imidazole rings is 2. The second kappa shape index (κ2) is 3.74. The maximum atomic E-state index is 10.9. The number of hydrogen-bond acceptors (Lipinski definition) is 2. The van der Waals surface area contributed by atoms with E-state index in [1.54, 1.807) is 12.1 Å². The number of nitrogens with one attached hydrogen (secondary N) is 1. The van der Waals surface area contributed by atoms with Crippen molar-refractivity contribution < 1.29 is 9.90 Å². The number of nitrogens with zero attached hydrogens (tertiary/aromatic N) is 2. The number of fused-ring (bicyclic) bond motifs is 3. The van der Waals surface area contributed by atoms with Gasteiger partial charge in [0.05, 0.1) is 23.1 Å². The minimum absolute atomic E-state index is 0.0417. The summed E-state index contributed by atoms with van der Waals surface area (Å²) in [6.07, 6.45) is -0.0417. The number of rotatable bonds is 2. The fourth-order valence-electron chi connectivity index (χ4n) is 2.17. The maximum absolute atomic E-state index is 10.9. The maximum Gasteiger partial charge on any atom is 0.309 e. The number of aliphatic carboxylic acids is 1. The van der Waals surface area contributed by atoms with Crippen molar-refractivity contribution in [2.45, 2.75) is 13.3 Å². The zero-order valence-corrected chi connectivity index (χ0v) is 10.3. The van der Waals surface area contributed by atoms with E-state index in [4.69, 9.17) is 16.7 Å². The van der Waals surface area contributed by atoms with Gasteiger partial charge < -0.3 is 10.1 Å². The van der Waals surface area contributed by atoms with Gasteiger partial charge in [0.1, 0.15) is 0 Å². The molecule has 5 nitrogen and oxygen atoms in total. The highest BCUT2D eigenvalue weighted by atomic mass is 35.5. The van der Waals surface area contributed by atoms with E-state index in [0.29, 0.717) is 16.5 Å². The molecule has 0 radical (unpaired) electrons. The number of hydrogen-bond donors (Lipinski definition) is 2. The number of aromatic amines is 1. The molecule has 0 spiro atoms. The van der Waals surface area contributed by atoms with Crippen molar-refractivity contribution in [1.29, 1.82) is 0 Å². The number of carboxylic acid groups (broad SMARTS) is 1. The SMILES string of the molecule is Cc1[nH]c2nc3cc(Cl)ccc3n2c1CC(=O)O. The highest BCUT2D eigenvalue weighted by molar-refractivity contribution is 6.31. The molecule has 0 aliphatic rings. The monoisotopic (exact) mass is 263 g/mol. The summed E-state index contributed by atoms with van der Waals surface area (Å²) in [7, 11) is 0. The van der Waals surface area contributed by atoms with Crippen LogP contribution >= 0.6 is 11.6 Å². The second-order valence-electron chi connectivity index (χ2n) is 4.17. The Kier molecular flexibility index (Phi) is 2.31. The smallest absolute Gasteiger partial charge is 0.309 e. The third-order valence-electron chi connectivity index (χ3n) is 2.94. The normalized spacial score (nSPS) is 11.4. The van der Waals surface area contributed by atoms with Gasteiger partial charge in [-0.1, -0.05) is 11.6 Å². The number of carbonyl (C=O) groups is 1. The van der Waals surface area contributed by atoms with Gasteiger partial charge in [0.2, 0.25) is 5.78 Å². The molecule has 1 aromatic carbocycles. The van der Waals surface area contributed by atoms with Crippen LogP contribution in [0.3, 0.4) is 0 Å². The fourth-order valence-corrected chi connectivity index (χ4v) is 2.34.